The van der Waals surface area contributed by atoms with E-state index < -0.39 is 0 Å². The Morgan fingerprint density at radius 3 is 3.00 bits per heavy atom. The summed E-state index contributed by atoms with van der Waals surface area (Å²) in [5, 5.41) is 12.3. The van der Waals surface area contributed by atoms with Gasteiger partial charge in [0.15, 0.2) is 6.20 Å². The number of allylic oxidation sites excluding steroid dienone is 2. The van der Waals surface area contributed by atoms with Gasteiger partial charge in [-0.3, -0.25) is 0 Å². The highest BCUT2D eigenvalue weighted by Gasteiger charge is 2.19. The second-order valence-electron chi connectivity index (χ2n) is 2.41. The smallest absolute Gasteiger partial charge is 0.152 e. The lowest BCUT2D eigenvalue weighted by atomic mass is 10.5. The third kappa shape index (κ3) is 1.66. The number of nitrogens with two attached hydrogens (primary N) is 1. The Balaban J connectivity index is 2.81. The van der Waals surface area contributed by atoms with Crippen LogP contribution in [0.4, 0.5) is 0 Å². The first-order valence-corrected chi connectivity index (χ1v) is 3.13. The van der Waals surface area contributed by atoms with Crippen molar-refractivity contribution < 1.29 is 4.59 Å². The molecule has 2 N–H and O–H groups in total. The molecule has 0 aromatic heterocycles. The third-order valence-corrected chi connectivity index (χ3v) is 1.32. The highest BCUT2D eigenvalue weighted by Crippen LogP contribution is 2.12. The largest absolute Gasteiger partial charge is 0.393 e. The first-order chi connectivity index (χ1) is 5.16. The molecule has 0 saturated heterocycles. The summed E-state index contributed by atoms with van der Waals surface area (Å²) < 4.78 is 0.222. The molecule has 1 aliphatic heterocycles. The Morgan fingerprint density at radius 2 is 2.55 bits per heavy atom. The van der Waals surface area contributed by atoms with E-state index in [1.54, 1.807) is 18.6 Å². The molecule has 0 aromatic rings. The predicted octanol–water partition coefficient (Wildman–Crippen LogP) is 0.270. The van der Waals surface area contributed by atoms with Gasteiger partial charge in [0.2, 0.25) is 0 Å². The Kier molecular flexibility index (Phi) is 1.75. The molecule has 4 nitrogen and oxygen atoms in total. The van der Waals surface area contributed by atoms with E-state index in [9.17, 15) is 0 Å². The minimum absolute atomic E-state index is 0.222. The first-order valence-electron chi connectivity index (χ1n) is 3.13. The summed E-state index contributed by atoms with van der Waals surface area (Å²) in [5.41, 5.74) is 6.08. The van der Waals surface area contributed by atoms with Crippen LogP contribution in [0.25, 0.3) is 0 Å². The molecule has 0 aromatic carbocycles. The molecule has 0 fully saturated rings. The molecule has 0 saturated carbocycles. The second kappa shape index (κ2) is 2.56. The van der Waals surface area contributed by atoms with Crippen LogP contribution in [0.3, 0.4) is 0 Å². The van der Waals surface area contributed by atoms with Crippen molar-refractivity contribution in [2.24, 2.45) is 10.8 Å². The Bertz CT molecular complexity index is 281. The normalized spacial score (nSPS) is 28.9. The fourth-order valence-electron chi connectivity index (χ4n) is 0.825. The first kappa shape index (κ1) is 7.51. The van der Waals surface area contributed by atoms with E-state index in [4.69, 9.17) is 11.0 Å². The number of hydrogen-bond donors (Lipinski definition) is 1. The van der Waals surface area contributed by atoms with Crippen molar-refractivity contribution >= 4 is 6.21 Å². The van der Waals surface area contributed by atoms with E-state index in [-0.39, 0.29) is 4.59 Å². The summed E-state index contributed by atoms with van der Waals surface area (Å²) in [6.07, 6.45) is 6.35. The van der Waals surface area contributed by atoms with Crippen LogP contribution >= 0.6 is 0 Å². The van der Waals surface area contributed by atoms with Gasteiger partial charge in [-0.25, -0.2) is 0 Å². The van der Waals surface area contributed by atoms with Gasteiger partial charge in [0.25, 0.3) is 0 Å². The van der Waals surface area contributed by atoms with Gasteiger partial charge in [-0.1, -0.05) is 5.10 Å². The van der Waals surface area contributed by atoms with E-state index in [0.29, 0.717) is 5.70 Å². The summed E-state index contributed by atoms with van der Waals surface area (Å²) in [4.78, 5) is 0. The SMILES string of the molecule is C[N@@+]1(/C=C/C#N)C=C(N)C=N1. The van der Waals surface area contributed by atoms with Crippen LogP contribution in [0.15, 0.2) is 29.3 Å². The Hall–Kier alpha value is -1.60. The van der Waals surface area contributed by atoms with Gasteiger partial charge >= 0.3 is 0 Å². The molecule has 0 unspecified atom stereocenters. The van der Waals surface area contributed by atoms with Crippen LogP contribution in [0.2, 0.25) is 0 Å². The zero-order chi connectivity index (χ0) is 8.32. The van der Waals surface area contributed by atoms with Crippen molar-refractivity contribution in [2.75, 3.05) is 7.05 Å². The van der Waals surface area contributed by atoms with Gasteiger partial charge in [-0.2, -0.15) is 5.26 Å². The molecular weight excluding hydrogens is 140 g/mol. The predicted molar refractivity (Wildman–Crippen MR) is 41.7 cm³/mol. The van der Waals surface area contributed by atoms with Gasteiger partial charge in [0.05, 0.1) is 12.1 Å². The maximum absolute atomic E-state index is 8.26. The fraction of sp³-hybridized carbons (Fsp3) is 0.143. The summed E-state index contributed by atoms with van der Waals surface area (Å²) in [7, 11) is 1.82. The molecule has 1 aliphatic rings. The van der Waals surface area contributed by atoms with Crippen LogP contribution in [-0.2, 0) is 0 Å². The van der Waals surface area contributed by atoms with Crippen molar-refractivity contribution in [2.45, 2.75) is 0 Å². The van der Waals surface area contributed by atoms with E-state index in [0.717, 1.165) is 0 Å². The molecule has 1 rings (SSSR count). The third-order valence-electron chi connectivity index (χ3n) is 1.32. The monoisotopic (exact) mass is 149 g/mol. The maximum atomic E-state index is 8.26. The standard InChI is InChI=1S/C7H9N4/c1-11(4-2-3-8)6-7(9)5-10-11/h2,4-6H,9H2,1H3/q+1/b4-2+/t11-/m1/s1. The molecule has 1 atom stereocenters. The maximum Gasteiger partial charge on any atom is 0.152 e. The lowest BCUT2D eigenvalue weighted by Crippen LogP contribution is -2.22. The quantitative estimate of drug-likeness (QED) is 0.429. The van der Waals surface area contributed by atoms with Crippen LogP contribution in [0.1, 0.15) is 0 Å². The zero-order valence-electron chi connectivity index (χ0n) is 6.23. The van der Waals surface area contributed by atoms with Crippen LogP contribution in [0.5, 0.6) is 0 Å². The van der Waals surface area contributed by atoms with Crippen molar-refractivity contribution in [3.8, 4) is 6.07 Å². The number of nitrogens with zero attached hydrogens (tertiary/aromatic N) is 3. The molecular formula is C7H9N4+. The topological polar surface area (TPSA) is 62.2 Å². The highest BCUT2D eigenvalue weighted by atomic mass is 15.6. The molecule has 0 radical (unpaired) electrons. The van der Waals surface area contributed by atoms with Gasteiger partial charge in [-0.15, -0.1) is 4.59 Å². The number of nitriles is 1. The van der Waals surface area contributed by atoms with E-state index in [1.807, 2.05) is 13.1 Å². The van der Waals surface area contributed by atoms with Crippen LogP contribution < -0.4 is 5.73 Å². The summed E-state index contributed by atoms with van der Waals surface area (Å²) in [6.45, 7) is 0. The van der Waals surface area contributed by atoms with Crippen molar-refractivity contribution in [3.05, 3.63) is 24.2 Å². The molecule has 0 spiro atoms. The number of quaternary nitrogens is 1. The van der Waals surface area contributed by atoms with Gasteiger partial charge in [-0.05, 0) is 0 Å². The molecule has 56 valence electrons. The van der Waals surface area contributed by atoms with E-state index in [2.05, 4.69) is 5.10 Å². The minimum Gasteiger partial charge on any atom is -0.393 e. The summed E-state index contributed by atoms with van der Waals surface area (Å²) >= 11 is 0. The molecule has 0 aliphatic carbocycles. The van der Waals surface area contributed by atoms with Gasteiger partial charge in [0, 0.05) is 0 Å². The molecule has 0 bridgehead atoms. The lowest BCUT2D eigenvalue weighted by molar-refractivity contribution is -0.810. The summed E-state index contributed by atoms with van der Waals surface area (Å²) in [5.74, 6) is 0. The minimum atomic E-state index is 0.222. The van der Waals surface area contributed by atoms with Gasteiger partial charge in [0.1, 0.15) is 25.2 Å². The summed E-state index contributed by atoms with van der Waals surface area (Å²) in [6, 6.07) is 1.89. The van der Waals surface area contributed by atoms with Crippen molar-refractivity contribution in [1.82, 2.24) is 0 Å². The average Bonchev–Trinajstić information content (AvgIpc) is 2.28. The van der Waals surface area contributed by atoms with E-state index >= 15 is 0 Å². The molecule has 0 amide bonds. The van der Waals surface area contributed by atoms with Crippen LogP contribution in [0, 0.1) is 11.3 Å². The Labute approximate surface area is 65.1 Å². The molecule has 1 heterocycles. The van der Waals surface area contributed by atoms with Gasteiger partial charge < -0.3 is 5.73 Å². The second-order valence-corrected chi connectivity index (χ2v) is 2.41. The number of rotatable bonds is 1. The zero-order valence-corrected chi connectivity index (χ0v) is 6.23. The highest BCUT2D eigenvalue weighted by molar-refractivity contribution is 5.77. The number of hydrogen-bond acceptors (Lipinski definition) is 3. The van der Waals surface area contributed by atoms with E-state index in [1.165, 1.54) is 6.08 Å². The van der Waals surface area contributed by atoms with Crippen molar-refractivity contribution in [1.29, 1.82) is 5.26 Å². The average molecular weight is 149 g/mol. The fourth-order valence-corrected chi connectivity index (χ4v) is 0.825. The van der Waals surface area contributed by atoms with Crippen molar-refractivity contribution in [3.63, 3.8) is 0 Å². The molecule has 4 heteroatoms. The molecule has 11 heavy (non-hydrogen) atoms. The Morgan fingerprint density at radius 1 is 1.82 bits per heavy atom. The lowest BCUT2D eigenvalue weighted by Gasteiger charge is -2.12. The van der Waals surface area contributed by atoms with Crippen LogP contribution in [-0.4, -0.2) is 17.9 Å².